The molecule has 1 aliphatic rings. The summed E-state index contributed by atoms with van der Waals surface area (Å²) in [6.45, 7) is 3.12. The van der Waals surface area contributed by atoms with Crippen LogP contribution in [0.1, 0.15) is 30.3 Å². The Balaban J connectivity index is 2.25. The molecule has 1 aromatic rings. The van der Waals surface area contributed by atoms with Crippen molar-refractivity contribution in [1.29, 1.82) is 0 Å². The van der Waals surface area contributed by atoms with Gasteiger partial charge in [-0.2, -0.15) is 0 Å². The first-order valence-corrected chi connectivity index (χ1v) is 5.39. The molecule has 1 saturated heterocycles. The van der Waals surface area contributed by atoms with Crippen LogP contribution in [0.2, 0.25) is 0 Å². The summed E-state index contributed by atoms with van der Waals surface area (Å²) in [4.78, 5) is 21.8. The summed E-state index contributed by atoms with van der Waals surface area (Å²) in [5.74, 6) is 0.314. The van der Waals surface area contributed by atoms with E-state index in [0.717, 1.165) is 25.2 Å². The summed E-state index contributed by atoms with van der Waals surface area (Å²) in [6, 6.07) is 0.460. The molecule has 5 nitrogen and oxygen atoms in total. The van der Waals surface area contributed by atoms with E-state index in [1.54, 1.807) is 6.20 Å². The van der Waals surface area contributed by atoms with Gasteiger partial charge >= 0.3 is 5.97 Å². The van der Waals surface area contributed by atoms with Crippen LogP contribution in [0.15, 0.2) is 12.4 Å². The zero-order valence-corrected chi connectivity index (χ0v) is 9.51. The Morgan fingerprint density at radius 2 is 2.38 bits per heavy atom. The fraction of sp³-hybridized carbons (Fsp3) is 0.545. The van der Waals surface area contributed by atoms with Crippen LogP contribution in [-0.2, 0) is 4.74 Å². The van der Waals surface area contributed by atoms with E-state index >= 15 is 0 Å². The summed E-state index contributed by atoms with van der Waals surface area (Å²) in [7, 11) is 1.34. The van der Waals surface area contributed by atoms with Crippen LogP contribution in [0.3, 0.4) is 0 Å². The molecule has 1 aromatic heterocycles. The minimum absolute atomic E-state index is 0.263. The Hall–Kier alpha value is -1.65. The maximum atomic E-state index is 11.3. The molecule has 2 heterocycles. The molecule has 0 amide bonds. The number of anilines is 1. The van der Waals surface area contributed by atoms with Crippen molar-refractivity contribution in [1.82, 2.24) is 9.97 Å². The molecule has 0 radical (unpaired) electrons. The van der Waals surface area contributed by atoms with Crippen molar-refractivity contribution >= 4 is 11.8 Å². The van der Waals surface area contributed by atoms with Crippen molar-refractivity contribution in [2.75, 3.05) is 18.6 Å². The van der Waals surface area contributed by atoms with Gasteiger partial charge in [0, 0.05) is 12.6 Å². The van der Waals surface area contributed by atoms with Crippen LogP contribution < -0.4 is 4.90 Å². The van der Waals surface area contributed by atoms with E-state index in [-0.39, 0.29) is 5.69 Å². The van der Waals surface area contributed by atoms with Gasteiger partial charge in [0.15, 0.2) is 5.69 Å². The molecule has 1 fully saturated rings. The predicted octanol–water partition coefficient (Wildman–Crippen LogP) is 1.25. The van der Waals surface area contributed by atoms with E-state index < -0.39 is 5.97 Å². The highest BCUT2D eigenvalue weighted by Gasteiger charge is 2.22. The number of carbonyl (C=O) groups is 1. The molecule has 1 aliphatic heterocycles. The van der Waals surface area contributed by atoms with Gasteiger partial charge in [0.1, 0.15) is 5.82 Å². The van der Waals surface area contributed by atoms with E-state index in [1.165, 1.54) is 13.3 Å². The molecular formula is C11H15N3O2. The zero-order valence-electron chi connectivity index (χ0n) is 9.51. The molecule has 86 valence electrons. The molecule has 0 aromatic carbocycles. The molecule has 2 rings (SSSR count). The van der Waals surface area contributed by atoms with Gasteiger partial charge in [-0.05, 0) is 19.8 Å². The van der Waals surface area contributed by atoms with Crippen LogP contribution in [0.5, 0.6) is 0 Å². The topological polar surface area (TPSA) is 55.3 Å². The minimum atomic E-state index is -0.443. The number of hydrogen-bond acceptors (Lipinski definition) is 5. The summed E-state index contributed by atoms with van der Waals surface area (Å²) < 4.78 is 4.62. The fourth-order valence-corrected chi connectivity index (χ4v) is 1.97. The van der Waals surface area contributed by atoms with Gasteiger partial charge in [0.05, 0.1) is 19.5 Å². The molecule has 1 unspecified atom stereocenters. The molecule has 16 heavy (non-hydrogen) atoms. The second-order valence-electron chi connectivity index (χ2n) is 3.94. The van der Waals surface area contributed by atoms with E-state index in [0.29, 0.717) is 6.04 Å². The molecule has 0 N–H and O–H groups in total. The first kappa shape index (κ1) is 10.9. The SMILES string of the molecule is COC(=O)c1cncc(N2CCCC2C)n1. The van der Waals surface area contributed by atoms with E-state index in [9.17, 15) is 4.79 Å². The first-order chi connectivity index (χ1) is 7.72. The van der Waals surface area contributed by atoms with Crippen molar-refractivity contribution in [3.63, 3.8) is 0 Å². The van der Waals surface area contributed by atoms with E-state index in [4.69, 9.17) is 0 Å². The van der Waals surface area contributed by atoms with E-state index in [2.05, 4.69) is 26.5 Å². The van der Waals surface area contributed by atoms with Gasteiger partial charge in [0.2, 0.25) is 0 Å². The monoisotopic (exact) mass is 221 g/mol. The highest BCUT2D eigenvalue weighted by Crippen LogP contribution is 2.22. The van der Waals surface area contributed by atoms with Crippen molar-refractivity contribution in [2.45, 2.75) is 25.8 Å². The maximum Gasteiger partial charge on any atom is 0.358 e. The van der Waals surface area contributed by atoms with Gasteiger partial charge in [-0.3, -0.25) is 4.98 Å². The number of nitrogens with zero attached hydrogens (tertiary/aromatic N) is 3. The van der Waals surface area contributed by atoms with Crippen molar-refractivity contribution in [2.24, 2.45) is 0 Å². The highest BCUT2D eigenvalue weighted by molar-refractivity contribution is 5.87. The Morgan fingerprint density at radius 3 is 3.00 bits per heavy atom. The van der Waals surface area contributed by atoms with Gasteiger partial charge in [0.25, 0.3) is 0 Å². The van der Waals surface area contributed by atoms with Crippen LogP contribution in [0.25, 0.3) is 0 Å². The Kier molecular flexibility index (Phi) is 3.03. The molecular weight excluding hydrogens is 206 g/mol. The smallest absolute Gasteiger partial charge is 0.358 e. The normalized spacial score (nSPS) is 19.9. The quantitative estimate of drug-likeness (QED) is 0.703. The fourth-order valence-electron chi connectivity index (χ4n) is 1.97. The molecule has 5 heteroatoms. The van der Waals surface area contributed by atoms with Gasteiger partial charge < -0.3 is 9.64 Å². The van der Waals surface area contributed by atoms with Crippen LogP contribution in [0, 0.1) is 0 Å². The first-order valence-electron chi connectivity index (χ1n) is 5.39. The lowest BCUT2D eigenvalue weighted by molar-refractivity contribution is 0.0593. The summed E-state index contributed by atoms with van der Waals surface area (Å²) >= 11 is 0. The largest absolute Gasteiger partial charge is 0.464 e. The number of rotatable bonds is 2. The van der Waals surface area contributed by atoms with Crippen LogP contribution in [-0.4, -0.2) is 35.6 Å². The molecule has 0 aliphatic carbocycles. The lowest BCUT2D eigenvalue weighted by atomic mass is 10.2. The number of esters is 1. The Labute approximate surface area is 94.5 Å². The zero-order chi connectivity index (χ0) is 11.5. The predicted molar refractivity (Wildman–Crippen MR) is 59.4 cm³/mol. The maximum absolute atomic E-state index is 11.3. The Bertz CT molecular complexity index is 395. The van der Waals surface area contributed by atoms with Crippen molar-refractivity contribution < 1.29 is 9.53 Å². The lowest BCUT2D eigenvalue weighted by Gasteiger charge is -2.22. The Morgan fingerprint density at radius 1 is 1.56 bits per heavy atom. The second-order valence-corrected chi connectivity index (χ2v) is 3.94. The second kappa shape index (κ2) is 4.47. The highest BCUT2D eigenvalue weighted by atomic mass is 16.5. The average Bonchev–Trinajstić information content (AvgIpc) is 2.74. The molecule has 1 atom stereocenters. The van der Waals surface area contributed by atoms with Gasteiger partial charge in [-0.1, -0.05) is 0 Å². The number of hydrogen-bond donors (Lipinski definition) is 0. The number of ether oxygens (including phenoxy) is 1. The van der Waals surface area contributed by atoms with Crippen LogP contribution >= 0.6 is 0 Å². The summed E-state index contributed by atoms with van der Waals surface area (Å²) in [5, 5.41) is 0. The molecule has 0 spiro atoms. The summed E-state index contributed by atoms with van der Waals surface area (Å²) in [5.41, 5.74) is 0.263. The third kappa shape index (κ3) is 1.98. The number of methoxy groups -OCH3 is 1. The third-order valence-electron chi connectivity index (χ3n) is 2.86. The van der Waals surface area contributed by atoms with Crippen molar-refractivity contribution in [3.8, 4) is 0 Å². The summed E-state index contributed by atoms with van der Waals surface area (Å²) in [6.07, 6.45) is 5.43. The number of aromatic nitrogens is 2. The standard InChI is InChI=1S/C11H15N3O2/c1-8-4-3-5-14(8)10-7-12-6-9(13-10)11(15)16-2/h6-8H,3-5H2,1-2H3. The average molecular weight is 221 g/mol. The third-order valence-corrected chi connectivity index (χ3v) is 2.86. The molecule has 0 saturated carbocycles. The minimum Gasteiger partial charge on any atom is -0.464 e. The van der Waals surface area contributed by atoms with Crippen molar-refractivity contribution in [3.05, 3.63) is 18.1 Å². The number of carbonyl (C=O) groups excluding carboxylic acids is 1. The van der Waals surface area contributed by atoms with E-state index in [1.807, 2.05) is 0 Å². The van der Waals surface area contributed by atoms with Gasteiger partial charge in [-0.15, -0.1) is 0 Å². The van der Waals surface area contributed by atoms with Crippen LogP contribution in [0.4, 0.5) is 5.82 Å². The lowest BCUT2D eigenvalue weighted by Crippen LogP contribution is -2.27. The molecule has 0 bridgehead atoms. The van der Waals surface area contributed by atoms with Gasteiger partial charge in [-0.25, -0.2) is 9.78 Å².